The summed E-state index contributed by atoms with van der Waals surface area (Å²) in [7, 11) is 0. The van der Waals surface area contributed by atoms with Crippen molar-refractivity contribution in [3.8, 4) is 5.75 Å². The zero-order valence-electron chi connectivity index (χ0n) is 8.80. The molecule has 2 nitrogen and oxygen atoms in total. The first kappa shape index (κ1) is 14.6. The number of thiocarbonyl (C=S) groups is 1. The normalized spacial score (nSPS) is 11.7. The van der Waals surface area contributed by atoms with Gasteiger partial charge in [-0.05, 0) is 18.2 Å². The highest BCUT2D eigenvalue weighted by Crippen LogP contribution is 2.32. The van der Waals surface area contributed by atoms with Gasteiger partial charge in [0.2, 0.25) is 0 Å². The second-order valence-corrected chi connectivity index (χ2v) is 3.71. The predicted octanol–water partition coefficient (Wildman–Crippen LogP) is 2.98. The highest BCUT2D eigenvalue weighted by molar-refractivity contribution is 7.80. The highest BCUT2D eigenvalue weighted by atomic mass is 32.1. The maximum absolute atomic E-state index is 12.4. The second-order valence-electron chi connectivity index (χ2n) is 3.28. The SMILES string of the molecule is NC(=S)c1cc(C(F)(F)F)ccc1OCC(F)F. The molecule has 2 N–H and O–H groups in total. The van der Waals surface area contributed by atoms with Crippen LogP contribution in [0.4, 0.5) is 22.0 Å². The van der Waals surface area contributed by atoms with E-state index in [1.54, 1.807) is 0 Å². The van der Waals surface area contributed by atoms with Crippen molar-refractivity contribution in [1.82, 2.24) is 0 Å². The molecule has 0 unspecified atom stereocenters. The van der Waals surface area contributed by atoms with E-state index in [1.807, 2.05) is 0 Å². The molecule has 0 aromatic heterocycles. The second kappa shape index (κ2) is 5.47. The van der Waals surface area contributed by atoms with Crippen molar-refractivity contribution in [2.24, 2.45) is 5.73 Å². The van der Waals surface area contributed by atoms with Gasteiger partial charge in [0.1, 0.15) is 17.3 Å². The van der Waals surface area contributed by atoms with Gasteiger partial charge in [-0.25, -0.2) is 8.78 Å². The minimum Gasteiger partial charge on any atom is -0.487 e. The van der Waals surface area contributed by atoms with Crippen molar-refractivity contribution in [3.63, 3.8) is 0 Å². The van der Waals surface area contributed by atoms with Crippen LogP contribution in [0.15, 0.2) is 18.2 Å². The summed E-state index contributed by atoms with van der Waals surface area (Å²) in [5, 5.41) is 0. The number of hydrogen-bond donors (Lipinski definition) is 1. The number of ether oxygens (including phenoxy) is 1. The predicted molar refractivity (Wildman–Crippen MR) is 58.8 cm³/mol. The maximum Gasteiger partial charge on any atom is 0.416 e. The van der Waals surface area contributed by atoms with Crippen LogP contribution in [0.5, 0.6) is 5.75 Å². The van der Waals surface area contributed by atoms with Crippen molar-refractivity contribution < 1.29 is 26.7 Å². The van der Waals surface area contributed by atoms with Gasteiger partial charge in [0.05, 0.1) is 11.1 Å². The summed E-state index contributed by atoms with van der Waals surface area (Å²) >= 11 is 4.55. The van der Waals surface area contributed by atoms with Crippen LogP contribution in [-0.2, 0) is 6.18 Å². The molecule has 0 spiro atoms. The molecular formula is C10H8F5NOS. The third-order valence-electron chi connectivity index (χ3n) is 1.94. The van der Waals surface area contributed by atoms with Crippen LogP contribution in [0.2, 0.25) is 0 Å². The van der Waals surface area contributed by atoms with Crippen LogP contribution in [0.1, 0.15) is 11.1 Å². The zero-order valence-corrected chi connectivity index (χ0v) is 9.62. The Hall–Kier alpha value is -1.44. The van der Waals surface area contributed by atoms with Gasteiger partial charge in [-0.15, -0.1) is 0 Å². The van der Waals surface area contributed by atoms with Gasteiger partial charge >= 0.3 is 6.18 Å². The maximum atomic E-state index is 12.4. The zero-order chi connectivity index (χ0) is 13.9. The Balaban J connectivity index is 3.09. The number of nitrogens with two attached hydrogens (primary N) is 1. The van der Waals surface area contributed by atoms with Gasteiger partial charge in [-0.2, -0.15) is 13.2 Å². The summed E-state index contributed by atoms with van der Waals surface area (Å²) in [5.41, 5.74) is 4.03. The fraction of sp³-hybridized carbons (Fsp3) is 0.300. The molecule has 1 aromatic rings. The van der Waals surface area contributed by atoms with Crippen LogP contribution in [-0.4, -0.2) is 18.0 Å². The average Bonchev–Trinajstić information content (AvgIpc) is 2.24. The van der Waals surface area contributed by atoms with E-state index in [9.17, 15) is 22.0 Å². The van der Waals surface area contributed by atoms with Crippen LogP contribution in [0.3, 0.4) is 0 Å². The van der Waals surface area contributed by atoms with Crippen molar-refractivity contribution in [2.75, 3.05) is 6.61 Å². The summed E-state index contributed by atoms with van der Waals surface area (Å²) in [6.45, 7) is -0.943. The fourth-order valence-electron chi connectivity index (χ4n) is 1.18. The Labute approximate surface area is 105 Å². The quantitative estimate of drug-likeness (QED) is 0.682. The molecule has 0 amide bonds. The first-order chi connectivity index (χ1) is 8.21. The number of benzene rings is 1. The standard InChI is InChI=1S/C10H8F5NOS/c11-8(12)4-17-7-2-1-5(10(13,14)15)3-6(7)9(16)18/h1-3,8H,4H2,(H2,16,18). The summed E-state index contributed by atoms with van der Waals surface area (Å²) in [6.07, 6.45) is -7.31. The topological polar surface area (TPSA) is 35.2 Å². The van der Waals surface area contributed by atoms with E-state index in [0.717, 1.165) is 6.07 Å². The number of alkyl halides is 5. The van der Waals surface area contributed by atoms with E-state index in [-0.39, 0.29) is 16.3 Å². The molecule has 18 heavy (non-hydrogen) atoms. The first-order valence-electron chi connectivity index (χ1n) is 4.64. The Kier molecular flexibility index (Phi) is 4.44. The molecule has 0 saturated carbocycles. The molecule has 1 aromatic carbocycles. The van der Waals surface area contributed by atoms with E-state index in [2.05, 4.69) is 17.0 Å². The molecule has 8 heteroatoms. The van der Waals surface area contributed by atoms with E-state index in [4.69, 9.17) is 5.73 Å². The molecule has 0 aliphatic carbocycles. The van der Waals surface area contributed by atoms with Crippen molar-refractivity contribution >= 4 is 17.2 Å². The lowest BCUT2D eigenvalue weighted by atomic mass is 10.1. The number of halogens is 5. The molecule has 0 fully saturated rings. The lowest BCUT2D eigenvalue weighted by Crippen LogP contribution is -2.16. The molecule has 0 atom stereocenters. The lowest BCUT2D eigenvalue weighted by Gasteiger charge is -2.13. The Bertz CT molecular complexity index is 446. The van der Waals surface area contributed by atoms with Crippen molar-refractivity contribution in [3.05, 3.63) is 29.3 Å². The van der Waals surface area contributed by atoms with Gasteiger partial charge < -0.3 is 10.5 Å². The molecule has 0 saturated heterocycles. The Morgan fingerprint density at radius 3 is 2.39 bits per heavy atom. The molecule has 100 valence electrons. The van der Waals surface area contributed by atoms with E-state index < -0.39 is 24.8 Å². The number of hydrogen-bond acceptors (Lipinski definition) is 2. The third kappa shape index (κ3) is 3.80. The molecule has 0 aliphatic rings. The van der Waals surface area contributed by atoms with E-state index in [0.29, 0.717) is 12.1 Å². The smallest absolute Gasteiger partial charge is 0.416 e. The molecule has 0 aliphatic heterocycles. The Morgan fingerprint density at radius 2 is 1.94 bits per heavy atom. The first-order valence-corrected chi connectivity index (χ1v) is 5.04. The fourth-order valence-corrected chi connectivity index (χ4v) is 1.34. The average molecular weight is 285 g/mol. The summed E-state index contributed by atoms with van der Waals surface area (Å²) in [6, 6.07) is 2.30. The summed E-state index contributed by atoms with van der Waals surface area (Å²) < 4.78 is 65.8. The van der Waals surface area contributed by atoms with E-state index >= 15 is 0 Å². The molecular weight excluding hydrogens is 277 g/mol. The van der Waals surface area contributed by atoms with Gasteiger partial charge in [0, 0.05) is 0 Å². The van der Waals surface area contributed by atoms with Crippen LogP contribution in [0.25, 0.3) is 0 Å². The minimum absolute atomic E-state index is 0.198. The van der Waals surface area contributed by atoms with Crippen molar-refractivity contribution in [1.29, 1.82) is 0 Å². The molecule has 1 rings (SSSR count). The van der Waals surface area contributed by atoms with Crippen LogP contribution >= 0.6 is 12.2 Å². The van der Waals surface area contributed by atoms with Gasteiger partial charge in [0.15, 0.2) is 0 Å². The molecule has 0 bridgehead atoms. The summed E-state index contributed by atoms with van der Waals surface area (Å²) in [4.78, 5) is -0.356. The molecule has 0 radical (unpaired) electrons. The minimum atomic E-state index is -4.57. The summed E-state index contributed by atoms with van der Waals surface area (Å²) in [5.74, 6) is -0.198. The monoisotopic (exact) mass is 285 g/mol. The third-order valence-corrected chi connectivity index (χ3v) is 2.16. The van der Waals surface area contributed by atoms with Gasteiger partial charge in [-0.3, -0.25) is 0 Å². The number of rotatable bonds is 4. The van der Waals surface area contributed by atoms with Crippen LogP contribution < -0.4 is 10.5 Å². The van der Waals surface area contributed by atoms with Crippen LogP contribution in [0, 0.1) is 0 Å². The van der Waals surface area contributed by atoms with Gasteiger partial charge in [0.25, 0.3) is 6.43 Å². The largest absolute Gasteiger partial charge is 0.487 e. The van der Waals surface area contributed by atoms with E-state index in [1.165, 1.54) is 0 Å². The Morgan fingerprint density at radius 1 is 1.33 bits per heavy atom. The van der Waals surface area contributed by atoms with Gasteiger partial charge in [-0.1, -0.05) is 12.2 Å². The lowest BCUT2D eigenvalue weighted by molar-refractivity contribution is -0.137. The van der Waals surface area contributed by atoms with Crippen molar-refractivity contribution in [2.45, 2.75) is 12.6 Å². The highest BCUT2D eigenvalue weighted by Gasteiger charge is 2.31. The molecule has 0 heterocycles.